The maximum absolute atomic E-state index is 13.9. The van der Waals surface area contributed by atoms with Crippen LogP contribution in [-0.4, -0.2) is 42.2 Å². The number of anilines is 1. The minimum atomic E-state index is -0.525. The van der Waals surface area contributed by atoms with Crippen molar-refractivity contribution in [2.45, 2.75) is 56.5 Å². The van der Waals surface area contributed by atoms with E-state index in [4.69, 9.17) is 15.6 Å². The molecule has 6 nitrogen and oxygen atoms in total. The highest BCUT2D eigenvalue weighted by Gasteiger charge is 2.39. The van der Waals surface area contributed by atoms with Gasteiger partial charge in [0.25, 0.3) is 6.47 Å². The van der Waals surface area contributed by atoms with Crippen LogP contribution in [0.3, 0.4) is 0 Å². The summed E-state index contributed by atoms with van der Waals surface area (Å²) in [5.41, 5.74) is 5.85. The number of benzene rings is 1. The molecule has 0 atom stereocenters. The Hall–Kier alpha value is -2.15. The molecule has 0 spiro atoms. The van der Waals surface area contributed by atoms with Gasteiger partial charge in [0, 0.05) is 19.1 Å². The Morgan fingerprint density at radius 2 is 1.81 bits per heavy atom. The number of hydrogen-bond donors (Lipinski definition) is 3. The third-order valence-electron chi connectivity index (χ3n) is 5.35. The summed E-state index contributed by atoms with van der Waals surface area (Å²) in [4.78, 5) is 22.4. The van der Waals surface area contributed by atoms with Crippen LogP contribution in [0.25, 0.3) is 0 Å². The van der Waals surface area contributed by atoms with Crippen molar-refractivity contribution in [1.29, 1.82) is 0 Å². The van der Waals surface area contributed by atoms with E-state index < -0.39 is 5.54 Å². The summed E-state index contributed by atoms with van der Waals surface area (Å²) < 4.78 is 13.9. The summed E-state index contributed by atoms with van der Waals surface area (Å²) in [6.07, 6.45) is 6.80. The van der Waals surface area contributed by atoms with Crippen LogP contribution in [0.4, 0.5) is 10.1 Å². The molecule has 26 heavy (non-hydrogen) atoms. The van der Waals surface area contributed by atoms with E-state index in [1.807, 2.05) is 12.1 Å². The van der Waals surface area contributed by atoms with Gasteiger partial charge in [0.2, 0.25) is 5.91 Å². The van der Waals surface area contributed by atoms with Crippen molar-refractivity contribution in [1.82, 2.24) is 5.32 Å². The van der Waals surface area contributed by atoms with Crippen LogP contribution in [0.1, 0.15) is 44.9 Å². The second-order valence-corrected chi connectivity index (χ2v) is 6.97. The zero-order valence-electron chi connectivity index (χ0n) is 15.0. The number of carbonyl (C=O) groups is 2. The van der Waals surface area contributed by atoms with E-state index in [9.17, 15) is 9.18 Å². The molecule has 0 radical (unpaired) electrons. The molecule has 0 unspecified atom stereocenters. The number of primary amides is 1. The fourth-order valence-electron chi connectivity index (χ4n) is 3.98. The van der Waals surface area contributed by atoms with Crippen LogP contribution in [0.5, 0.6) is 0 Å². The number of rotatable bonds is 4. The zero-order valence-corrected chi connectivity index (χ0v) is 15.0. The first kappa shape index (κ1) is 20.2. The molecule has 1 saturated heterocycles. The van der Waals surface area contributed by atoms with Crippen molar-refractivity contribution in [2.75, 3.05) is 18.0 Å². The number of nitrogens with zero attached hydrogens (tertiary/aromatic N) is 1. The van der Waals surface area contributed by atoms with Crippen molar-refractivity contribution in [2.24, 2.45) is 5.73 Å². The average molecular weight is 365 g/mol. The van der Waals surface area contributed by atoms with Crippen LogP contribution >= 0.6 is 0 Å². The standard InChI is InChI=1S/C18H26FN3O.CH2O2/c19-15-6-2-3-7-16(15)22-12-8-14(9-13-22)21-18(17(20)23)10-4-1-5-11-18;2-1-3/h2-3,6-7,14,21H,1,4-5,8-13H2,(H2,20,23);1H,(H,2,3). The first-order chi connectivity index (χ1) is 12.5. The van der Waals surface area contributed by atoms with E-state index in [-0.39, 0.29) is 24.2 Å². The van der Waals surface area contributed by atoms with Crippen LogP contribution in [0.2, 0.25) is 0 Å². The summed E-state index contributed by atoms with van der Waals surface area (Å²) in [5, 5.41) is 10.5. The predicted octanol–water partition coefficient (Wildman–Crippen LogP) is 2.27. The molecule has 1 aromatic rings. The van der Waals surface area contributed by atoms with Gasteiger partial charge in [-0.2, -0.15) is 0 Å². The van der Waals surface area contributed by atoms with Crippen LogP contribution in [-0.2, 0) is 9.59 Å². The Morgan fingerprint density at radius 3 is 2.35 bits per heavy atom. The number of amides is 1. The van der Waals surface area contributed by atoms with Gasteiger partial charge >= 0.3 is 0 Å². The second-order valence-electron chi connectivity index (χ2n) is 6.97. The summed E-state index contributed by atoms with van der Waals surface area (Å²) in [5.74, 6) is -0.381. The molecular formula is C19H28FN3O3. The number of piperidine rings is 1. The Kier molecular flexibility index (Phi) is 7.38. The number of nitrogens with one attached hydrogen (secondary N) is 1. The average Bonchev–Trinajstić information content (AvgIpc) is 2.64. The Balaban J connectivity index is 0.000000758. The molecule has 4 N–H and O–H groups in total. The lowest BCUT2D eigenvalue weighted by molar-refractivity contribution is -0.126. The normalized spacial score (nSPS) is 20.0. The first-order valence-corrected chi connectivity index (χ1v) is 9.17. The maximum atomic E-state index is 13.9. The number of carboxylic acid groups (broad SMARTS) is 1. The number of halogens is 1. The monoisotopic (exact) mass is 365 g/mol. The van der Waals surface area contributed by atoms with Crippen molar-refractivity contribution in [3.8, 4) is 0 Å². The fourth-order valence-corrected chi connectivity index (χ4v) is 3.98. The van der Waals surface area contributed by atoms with Gasteiger partial charge in [-0.3, -0.25) is 9.59 Å². The molecule has 1 saturated carbocycles. The molecule has 3 rings (SSSR count). The molecule has 2 fully saturated rings. The first-order valence-electron chi connectivity index (χ1n) is 9.17. The third kappa shape index (κ3) is 4.94. The van der Waals surface area contributed by atoms with Gasteiger partial charge in [0.15, 0.2) is 0 Å². The highest BCUT2D eigenvalue weighted by atomic mass is 19.1. The number of para-hydroxylation sites is 1. The highest BCUT2D eigenvalue weighted by Crippen LogP contribution is 2.30. The predicted molar refractivity (Wildman–Crippen MR) is 98.5 cm³/mol. The Bertz CT molecular complexity index is 597. The smallest absolute Gasteiger partial charge is 0.290 e. The van der Waals surface area contributed by atoms with Gasteiger partial charge in [-0.25, -0.2) is 4.39 Å². The molecule has 1 aliphatic heterocycles. The lowest BCUT2D eigenvalue weighted by atomic mass is 9.80. The van der Waals surface area contributed by atoms with E-state index in [2.05, 4.69) is 10.2 Å². The van der Waals surface area contributed by atoms with Gasteiger partial charge in [-0.1, -0.05) is 31.4 Å². The minimum Gasteiger partial charge on any atom is -0.483 e. The van der Waals surface area contributed by atoms with Crippen molar-refractivity contribution in [3.05, 3.63) is 30.1 Å². The minimum absolute atomic E-state index is 0.167. The lowest BCUT2D eigenvalue weighted by Gasteiger charge is -2.42. The molecule has 1 heterocycles. The van der Waals surface area contributed by atoms with Crippen LogP contribution in [0, 0.1) is 5.82 Å². The summed E-state index contributed by atoms with van der Waals surface area (Å²) in [7, 11) is 0. The highest BCUT2D eigenvalue weighted by molar-refractivity contribution is 5.84. The van der Waals surface area contributed by atoms with Gasteiger partial charge < -0.3 is 21.1 Å². The fraction of sp³-hybridized carbons (Fsp3) is 0.579. The van der Waals surface area contributed by atoms with Crippen molar-refractivity contribution < 1.29 is 19.1 Å². The van der Waals surface area contributed by atoms with E-state index in [1.165, 1.54) is 12.5 Å². The molecule has 7 heteroatoms. The molecule has 0 bridgehead atoms. The number of hydrogen-bond acceptors (Lipinski definition) is 4. The Labute approximate surface area is 153 Å². The van der Waals surface area contributed by atoms with E-state index in [0.29, 0.717) is 5.69 Å². The largest absolute Gasteiger partial charge is 0.483 e. The van der Waals surface area contributed by atoms with Gasteiger partial charge in [0.05, 0.1) is 11.2 Å². The molecule has 2 aliphatic rings. The lowest BCUT2D eigenvalue weighted by Crippen LogP contribution is -2.61. The van der Waals surface area contributed by atoms with Crippen molar-refractivity contribution in [3.63, 3.8) is 0 Å². The molecule has 0 aromatic heterocycles. The van der Waals surface area contributed by atoms with E-state index >= 15 is 0 Å². The SMILES string of the molecule is NC(=O)C1(NC2CCN(c3ccccc3F)CC2)CCCCC1.O=CO. The molecule has 144 valence electrons. The number of nitrogens with two attached hydrogens (primary N) is 1. The third-order valence-corrected chi connectivity index (χ3v) is 5.35. The van der Waals surface area contributed by atoms with Crippen LogP contribution < -0.4 is 16.0 Å². The maximum Gasteiger partial charge on any atom is 0.290 e. The van der Waals surface area contributed by atoms with Gasteiger partial charge in [0.1, 0.15) is 5.82 Å². The topological polar surface area (TPSA) is 95.7 Å². The molecular weight excluding hydrogens is 337 g/mol. The summed E-state index contributed by atoms with van der Waals surface area (Å²) in [6, 6.07) is 7.20. The van der Waals surface area contributed by atoms with E-state index in [1.54, 1.807) is 6.07 Å². The summed E-state index contributed by atoms with van der Waals surface area (Å²) >= 11 is 0. The molecule has 1 amide bonds. The van der Waals surface area contributed by atoms with Crippen molar-refractivity contribution >= 4 is 18.1 Å². The van der Waals surface area contributed by atoms with Crippen LogP contribution in [0.15, 0.2) is 24.3 Å². The quantitative estimate of drug-likeness (QED) is 0.712. The number of carbonyl (C=O) groups excluding carboxylic acids is 1. The Morgan fingerprint density at radius 1 is 1.23 bits per heavy atom. The molecule has 1 aromatic carbocycles. The van der Waals surface area contributed by atoms with Gasteiger partial charge in [-0.05, 0) is 37.8 Å². The second kappa shape index (κ2) is 9.52. The molecule has 1 aliphatic carbocycles. The van der Waals surface area contributed by atoms with E-state index in [0.717, 1.165) is 51.6 Å². The zero-order chi connectivity index (χ0) is 19.0. The summed E-state index contributed by atoms with van der Waals surface area (Å²) in [6.45, 7) is 1.35. The van der Waals surface area contributed by atoms with Gasteiger partial charge in [-0.15, -0.1) is 0 Å².